The summed E-state index contributed by atoms with van der Waals surface area (Å²) in [5.41, 5.74) is 0.526. The molecule has 0 aliphatic heterocycles. The van der Waals surface area contributed by atoms with E-state index in [1.165, 1.54) is 39.2 Å². The molecule has 3 heteroatoms. The maximum Gasteiger partial charge on any atom is 0.316 e. The molecule has 23 heavy (non-hydrogen) atoms. The van der Waals surface area contributed by atoms with Gasteiger partial charge in [0.15, 0.2) is 0 Å². The summed E-state index contributed by atoms with van der Waals surface area (Å²) in [7, 11) is 1.49. The van der Waals surface area contributed by atoms with Crippen molar-refractivity contribution in [2.45, 2.75) is 63.2 Å². The molecule has 0 radical (unpaired) electrons. The Kier molecular flexibility index (Phi) is 5.24. The van der Waals surface area contributed by atoms with Gasteiger partial charge in [-0.3, -0.25) is 4.79 Å². The quantitative estimate of drug-likeness (QED) is 0.743. The summed E-state index contributed by atoms with van der Waals surface area (Å²) in [6, 6.07) is 8.07. The van der Waals surface area contributed by atoms with Crippen LogP contribution in [0.5, 0.6) is 5.75 Å². The predicted octanol–water partition coefficient (Wildman–Crippen LogP) is 4.63. The number of carbonyl (C=O) groups excluding carboxylic acids is 1. The van der Waals surface area contributed by atoms with E-state index in [9.17, 15) is 4.79 Å². The average molecular weight is 316 g/mol. The lowest BCUT2D eigenvalue weighted by molar-refractivity contribution is -0.147. The third-order valence-corrected chi connectivity index (χ3v) is 5.64. The van der Waals surface area contributed by atoms with Crippen molar-refractivity contribution in [3.05, 3.63) is 29.8 Å². The minimum atomic E-state index is -0.502. The van der Waals surface area contributed by atoms with E-state index in [1.807, 2.05) is 18.2 Å². The minimum Gasteiger partial charge on any atom is -0.493 e. The van der Waals surface area contributed by atoms with Crippen LogP contribution in [-0.2, 0) is 14.9 Å². The SMILES string of the molecule is COC(=O)C1(c2ccccc2OCC2CCCCC2)CCCC1. The molecule has 0 atom stereocenters. The molecule has 1 aromatic carbocycles. The standard InChI is InChI=1S/C20H28O3/c1-22-19(21)20(13-7-8-14-20)17-11-5-6-12-18(17)23-15-16-9-3-2-4-10-16/h5-6,11-12,16H,2-4,7-10,13-15H2,1H3. The monoisotopic (exact) mass is 316 g/mol. The van der Waals surface area contributed by atoms with Crippen LogP contribution >= 0.6 is 0 Å². The van der Waals surface area contributed by atoms with Gasteiger partial charge in [-0.15, -0.1) is 0 Å². The van der Waals surface area contributed by atoms with Gasteiger partial charge in [0.25, 0.3) is 0 Å². The molecule has 0 unspecified atom stereocenters. The van der Waals surface area contributed by atoms with Crippen LogP contribution in [-0.4, -0.2) is 19.7 Å². The van der Waals surface area contributed by atoms with Crippen LogP contribution in [0, 0.1) is 5.92 Å². The molecule has 0 saturated heterocycles. The van der Waals surface area contributed by atoms with Gasteiger partial charge in [-0.25, -0.2) is 0 Å². The zero-order chi connectivity index (χ0) is 16.1. The number of benzene rings is 1. The second-order valence-electron chi connectivity index (χ2n) is 7.09. The molecule has 0 amide bonds. The molecule has 2 fully saturated rings. The molecule has 126 valence electrons. The summed E-state index contributed by atoms with van der Waals surface area (Å²) in [5.74, 6) is 1.43. The zero-order valence-corrected chi connectivity index (χ0v) is 14.2. The maximum atomic E-state index is 12.5. The second-order valence-corrected chi connectivity index (χ2v) is 7.09. The number of para-hydroxylation sites is 1. The number of ether oxygens (including phenoxy) is 2. The first-order chi connectivity index (χ1) is 11.3. The van der Waals surface area contributed by atoms with E-state index >= 15 is 0 Å². The van der Waals surface area contributed by atoms with Gasteiger partial charge in [0.1, 0.15) is 5.75 Å². The van der Waals surface area contributed by atoms with Gasteiger partial charge in [-0.2, -0.15) is 0 Å². The molecule has 0 bridgehead atoms. The maximum absolute atomic E-state index is 12.5. The Bertz CT molecular complexity index is 525. The van der Waals surface area contributed by atoms with Gasteiger partial charge < -0.3 is 9.47 Å². The summed E-state index contributed by atoms with van der Waals surface area (Å²) >= 11 is 0. The van der Waals surface area contributed by atoms with E-state index in [0.29, 0.717) is 5.92 Å². The summed E-state index contributed by atoms with van der Waals surface area (Å²) in [5, 5.41) is 0. The Hall–Kier alpha value is -1.51. The van der Waals surface area contributed by atoms with Crippen LogP contribution in [0.15, 0.2) is 24.3 Å². The third-order valence-electron chi connectivity index (χ3n) is 5.64. The van der Waals surface area contributed by atoms with Crippen molar-refractivity contribution in [2.24, 2.45) is 5.92 Å². The molecule has 0 heterocycles. The highest BCUT2D eigenvalue weighted by molar-refractivity contribution is 5.84. The van der Waals surface area contributed by atoms with Crippen molar-refractivity contribution in [1.29, 1.82) is 0 Å². The Labute approximate surface area is 139 Å². The molecule has 1 aromatic rings. The minimum absolute atomic E-state index is 0.108. The van der Waals surface area contributed by atoms with Crippen molar-refractivity contribution < 1.29 is 14.3 Å². The van der Waals surface area contributed by atoms with E-state index in [-0.39, 0.29) is 5.97 Å². The Morgan fingerprint density at radius 2 is 1.78 bits per heavy atom. The van der Waals surface area contributed by atoms with E-state index in [1.54, 1.807) is 0 Å². The van der Waals surface area contributed by atoms with Gasteiger partial charge >= 0.3 is 5.97 Å². The molecular weight excluding hydrogens is 288 g/mol. The highest BCUT2D eigenvalue weighted by Crippen LogP contribution is 2.45. The van der Waals surface area contributed by atoms with Crippen LogP contribution in [0.3, 0.4) is 0 Å². The fraction of sp³-hybridized carbons (Fsp3) is 0.650. The molecule has 0 aromatic heterocycles. The molecule has 3 nitrogen and oxygen atoms in total. The lowest BCUT2D eigenvalue weighted by Crippen LogP contribution is -2.34. The van der Waals surface area contributed by atoms with E-state index in [2.05, 4.69) is 6.07 Å². The normalized spacial score (nSPS) is 21.1. The van der Waals surface area contributed by atoms with Crippen LogP contribution in [0.25, 0.3) is 0 Å². The number of methoxy groups -OCH3 is 1. The van der Waals surface area contributed by atoms with Gasteiger partial charge in [0.2, 0.25) is 0 Å². The summed E-state index contributed by atoms with van der Waals surface area (Å²) in [6.07, 6.45) is 10.4. The van der Waals surface area contributed by atoms with Crippen molar-refractivity contribution in [3.8, 4) is 5.75 Å². The van der Waals surface area contributed by atoms with Gasteiger partial charge in [0, 0.05) is 5.56 Å². The molecule has 3 rings (SSSR count). The second kappa shape index (κ2) is 7.37. The topological polar surface area (TPSA) is 35.5 Å². The van der Waals surface area contributed by atoms with E-state index < -0.39 is 5.41 Å². The van der Waals surface area contributed by atoms with E-state index in [0.717, 1.165) is 43.6 Å². The van der Waals surface area contributed by atoms with Gasteiger partial charge in [-0.1, -0.05) is 50.3 Å². The van der Waals surface area contributed by atoms with Crippen molar-refractivity contribution in [2.75, 3.05) is 13.7 Å². The summed E-state index contributed by atoms with van der Waals surface area (Å²) in [6.45, 7) is 0.772. The van der Waals surface area contributed by atoms with Gasteiger partial charge in [0.05, 0.1) is 19.1 Å². The lowest BCUT2D eigenvalue weighted by Gasteiger charge is -2.29. The largest absolute Gasteiger partial charge is 0.493 e. The highest BCUT2D eigenvalue weighted by Gasteiger charge is 2.45. The van der Waals surface area contributed by atoms with Crippen LogP contribution in [0.2, 0.25) is 0 Å². The molecular formula is C20H28O3. The fourth-order valence-electron chi connectivity index (χ4n) is 4.31. The summed E-state index contributed by atoms with van der Waals surface area (Å²) in [4.78, 5) is 12.5. The Balaban J connectivity index is 1.80. The zero-order valence-electron chi connectivity index (χ0n) is 14.2. The first-order valence-electron chi connectivity index (χ1n) is 9.07. The molecule has 0 spiro atoms. The number of rotatable bonds is 5. The van der Waals surface area contributed by atoms with Crippen molar-refractivity contribution >= 4 is 5.97 Å². The number of esters is 1. The fourth-order valence-corrected chi connectivity index (χ4v) is 4.31. The number of carbonyl (C=O) groups is 1. The van der Waals surface area contributed by atoms with Crippen molar-refractivity contribution in [3.63, 3.8) is 0 Å². The van der Waals surface area contributed by atoms with Crippen LogP contribution in [0.1, 0.15) is 63.4 Å². The summed E-state index contributed by atoms with van der Waals surface area (Å²) < 4.78 is 11.3. The lowest BCUT2D eigenvalue weighted by atomic mass is 9.78. The molecule has 0 N–H and O–H groups in total. The van der Waals surface area contributed by atoms with Crippen molar-refractivity contribution in [1.82, 2.24) is 0 Å². The molecule has 2 aliphatic rings. The highest BCUT2D eigenvalue weighted by atomic mass is 16.5. The predicted molar refractivity (Wildman–Crippen MR) is 90.7 cm³/mol. The van der Waals surface area contributed by atoms with E-state index in [4.69, 9.17) is 9.47 Å². The first kappa shape index (κ1) is 16.4. The molecule has 2 aliphatic carbocycles. The number of hydrogen-bond donors (Lipinski definition) is 0. The number of hydrogen-bond acceptors (Lipinski definition) is 3. The Morgan fingerprint density at radius 1 is 1.09 bits per heavy atom. The smallest absolute Gasteiger partial charge is 0.316 e. The molecule has 2 saturated carbocycles. The van der Waals surface area contributed by atoms with Crippen LogP contribution < -0.4 is 4.74 Å². The average Bonchev–Trinajstić information content (AvgIpc) is 3.11. The van der Waals surface area contributed by atoms with Crippen LogP contribution in [0.4, 0.5) is 0 Å². The first-order valence-corrected chi connectivity index (χ1v) is 9.07. The van der Waals surface area contributed by atoms with Gasteiger partial charge in [-0.05, 0) is 37.7 Å². The third kappa shape index (κ3) is 3.39. The Morgan fingerprint density at radius 3 is 2.48 bits per heavy atom.